The molecule has 3 aliphatic heterocycles. The maximum Gasteiger partial charge on any atom is 0.490 e. The lowest BCUT2D eigenvalue weighted by atomic mass is 9.96. The molecule has 168 valence electrons. The lowest BCUT2D eigenvalue weighted by Crippen LogP contribution is -2.45. The number of fused-ring (bicyclic) bond motifs is 1. The number of nitrogens with zero attached hydrogens (tertiary/aromatic N) is 1. The molecule has 0 amide bonds. The van der Waals surface area contributed by atoms with E-state index in [1.807, 2.05) is 0 Å². The summed E-state index contributed by atoms with van der Waals surface area (Å²) in [5.74, 6) is -1.06. The normalized spacial score (nSPS) is 31.1. The largest absolute Gasteiger partial charge is 0.490 e. The highest BCUT2D eigenvalue weighted by atomic mass is 19.4. The van der Waals surface area contributed by atoms with Crippen LogP contribution in [0.1, 0.15) is 44.9 Å². The van der Waals surface area contributed by atoms with E-state index in [1.165, 1.54) is 58.0 Å². The van der Waals surface area contributed by atoms with E-state index in [0.29, 0.717) is 18.2 Å². The molecule has 0 bridgehead atoms. The summed E-state index contributed by atoms with van der Waals surface area (Å²) < 4.78 is 49.4. The number of rotatable bonds is 6. The molecule has 1 aliphatic carbocycles. The van der Waals surface area contributed by atoms with Crippen LogP contribution in [-0.2, 0) is 19.0 Å². The summed E-state index contributed by atoms with van der Waals surface area (Å²) in [5.41, 5.74) is 0. The van der Waals surface area contributed by atoms with Crippen LogP contribution in [0.4, 0.5) is 13.2 Å². The van der Waals surface area contributed by atoms with E-state index < -0.39 is 12.1 Å². The van der Waals surface area contributed by atoms with Crippen LogP contribution in [0.5, 0.6) is 0 Å². The van der Waals surface area contributed by atoms with Crippen LogP contribution in [0.25, 0.3) is 0 Å². The van der Waals surface area contributed by atoms with Crippen molar-refractivity contribution in [1.29, 1.82) is 0 Å². The zero-order chi connectivity index (χ0) is 20.9. The summed E-state index contributed by atoms with van der Waals surface area (Å²) in [5, 5.41) is 7.12. The van der Waals surface area contributed by atoms with Gasteiger partial charge in [-0.15, -0.1) is 0 Å². The number of alkyl halides is 3. The summed E-state index contributed by atoms with van der Waals surface area (Å²) in [7, 11) is 0. The number of halogens is 3. The first-order valence-corrected chi connectivity index (χ1v) is 10.7. The van der Waals surface area contributed by atoms with E-state index in [-0.39, 0.29) is 0 Å². The number of hydrogen-bond acceptors (Lipinski definition) is 5. The maximum absolute atomic E-state index is 10.6. The molecule has 9 heteroatoms. The van der Waals surface area contributed by atoms with Crippen molar-refractivity contribution >= 4 is 5.97 Å². The predicted molar refractivity (Wildman–Crippen MR) is 98.6 cm³/mol. The van der Waals surface area contributed by atoms with Crippen molar-refractivity contribution in [2.45, 2.75) is 69.4 Å². The molecular formula is C20H32F3NO5. The van der Waals surface area contributed by atoms with Crippen molar-refractivity contribution in [3.8, 4) is 0 Å². The number of likely N-dealkylation sites (tertiary alicyclic amines) is 1. The fourth-order valence-electron chi connectivity index (χ4n) is 4.35. The van der Waals surface area contributed by atoms with Crippen molar-refractivity contribution < 1.29 is 37.3 Å². The van der Waals surface area contributed by atoms with E-state index in [2.05, 4.69) is 4.90 Å². The molecule has 3 heterocycles. The third kappa shape index (κ3) is 7.38. The second-order valence-electron chi connectivity index (χ2n) is 8.56. The maximum atomic E-state index is 10.6. The molecule has 0 radical (unpaired) electrons. The molecular weight excluding hydrogens is 391 g/mol. The van der Waals surface area contributed by atoms with E-state index >= 15 is 0 Å². The van der Waals surface area contributed by atoms with E-state index in [9.17, 15) is 13.2 Å². The Morgan fingerprint density at radius 1 is 1.00 bits per heavy atom. The second kappa shape index (κ2) is 10.4. The van der Waals surface area contributed by atoms with Gasteiger partial charge < -0.3 is 19.3 Å². The van der Waals surface area contributed by atoms with Crippen molar-refractivity contribution in [2.24, 2.45) is 11.8 Å². The Hall–Kier alpha value is -0.900. The van der Waals surface area contributed by atoms with Crippen LogP contribution >= 0.6 is 0 Å². The zero-order valence-electron chi connectivity index (χ0n) is 16.7. The molecule has 1 saturated carbocycles. The number of aliphatic carboxylic acids is 1. The van der Waals surface area contributed by atoms with Crippen molar-refractivity contribution in [1.82, 2.24) is 4.90 Å². The monoisotopic (exact) mass is 423 g/mol. The SMILES string of the molecule is C1CC(CN2CC[C@H]3O[C@@H](COCC4CC4)CC[C@H]32)CCO1.O=C(O)C(F)(F)F. The Kier molecular flexibility index (Phi) is 8.18. The highest BCUT2D eigenvalue weighted by Crippen LogP contribution is 2.33. The summed E-state index contributed by atoms with van der Waals surface area (Å²) in [6.45, 7) is 6.19. The number of carboxylic acid groups (broad SMARTS) is 1. The number of carboxylic acids is 1. The second-order valence-corrected chi connectivity index (χ2v) is 8.56. The molecule has 0 spiro atoms. The molecule has 4 aliphatic rings. The summed E-state index contributed by atoms with van der Waals surface area (Å²) in [4.78, 5) is 11.6. The first-order chi connectivity index (χ1) is 13.8. The molecule has 29 heavy (non-hydrogen) atoms. The Labute approximate surface area is 169 Å². The highest BCUT2D eigenvalue weighted by Gasteiger charge is 2.40. The van der Waals surface area contributed by atoms with E-state index in [1.54, 1.807) is 0 Å². The first kappa shape index (κ1) is 22.8. The number of ether oxygens (including phenoxy) is 3. The van der Waals surface area contributed by atoms with Crippen LogP contribution < -0.4 is 0 Å². The Bertz CT molecular complexity index is 523. The molecule has 1 N–H and O–H groups in total. The average Bonchev–Trinajstić information content (AvgIpc) is 3.43. The van der Waals surface area contributed by atoms with Gasteiger partial charge >= 0.3 is 12.1 Å². The minimum absolute atomic E-state index is 0.350. The topological polar surface area (TPSA) is 68.2 Å². The quantitative estimate of drug-likeness (QED) is 0.708. The number of hydrogen-bond donors (Lipinski definition) is 1. The van der Waals surface area contributed by atoms with Crippen LogP contribution in [-0.4, -0.2) is 79.9 Å². The third-order valence-electron chi connectivity index (χ3n) is 6.18. The minimum Gasteiger partial charge on any atom is -0.475 e. The summed E-state index contributed by atoms with van der Waals surface area (Å²) in [6, 6.07) is 0.669. The standard InChI is InChI=1S/C18H31NO3.C2HF3O2/c1-2-15(1)12-21-13-16-3-4-17-18(22-16)5-8-19(17)11-14-6-9-20-10-7-14;3-2(4,5)1(6)7/h14-18H,1-13H2;(H,6,7)/t16-,17-,18-;/m1./s1. The average molecular weight is 423 g/mol. The summed E-state index contributed by atoms with van der Waals surface area (Å²) in [6.07, 6.45) is 4.65. The highest BCUT2D eigenvalue weighted by molar-refractivity contribution is 5.73. The van der Waals surface area contributed by atoms with Gasteiger partial charge in [-0.2, -0.15) is 13.2 Å². The Morgan fingerprint density at radius 2 is 1.69 bits per heavy atom. The van der Waals surface area contributed by atoms with Crippen molar-refractivity contribution in [3.63, 3.8) is 0 Å². The lowest BCUT2D eigenvalue weighted by Gasteiger charge is -2.37. The fraction of sp³-hybridized carbons (Fsp3) is 0.950. The van der Waals surface area contributed by atoms with Crippen molar-refractivity contribution in [2.75, 3.05) is 39.5 Å². The molecule has 4 fully saturated rings. The van der Waals surface area contributed by atoms with Gasteiger partial charge in [-0.1, -0.05) is 0 Å². The van der Waals surface area contributed by atoms with Gasteiger partial charge in [-0.3, -0.25) is 4.90 Å². The molecule has 4 rings (SSSR count). The smallest absolute Gasteiger partial charge is 0.475 e. The molecule has 3 saturated heterocycles. The molecule has 6 nitrogen and oxygen atoms in total. The van der Waals surface area contributed by atoms with E-state index in [0.717, 1.165) is 38.3 Å². The molecule has 0 unspecified atom stereocenters. The molecule has 0 aromatic rings. The van der Waals surface area contributed by atoms with Gasteiger partial charge in [0.25, 0.3) is 0 Å². The van der Waals surface area contributed by atoms with Gasteiger partial charge in [0.2, 0.25) is 0 Å². The first-order valence-electron chi connectivity index (χ1n) is 10.7. The number of carbonyl (C=O) groups is 1. The molecule has 0 aromatic carbocycles. The Balaban J connectivity index is 0.000000298. The van der Waals surface area contributed by atoms with E-state index in [4.69, 9.17) is 24.1 Å². The molecule has 0 aromatic heterocycles. The Morgan fingerprint density at radius 3 is 2.31 bits per heavy atom. The van der Waals surface area contributed by atoms with Crippen LogP contribution in [0.15, 0.2) is 0 Å². The van der Waals surface area contributed by atoms with Gasteiger partial charge in [0.1, 0.15) is 0 Å². The van der Waals surface area contributed by atoms with Gasteiger partial charge in [-0.05, 0) is 56.8 Å². The van der Waals surface area contributed by atoms with Crippen LogP contribution in [0.2, 0.25) is 0 Å². The van der Waals surface area contributed by atoms with Gasteiger partial charge in [0, 0.05) is 39.0 Å². The van der Waals surface area contributed by atoms with Gasteiger partial charge in [0.15, 0.2) is 0 Å². The minimum atomic E-state index is -5.08. The zero-order valence-corrected chi connectivity index (χ0v) is 16.7. The van der Waals surface area contributed by atoms with Gasteiger partial charge in [-0.25, -0.2) is 4.79 Å². The van der Waals surface area contributed by atoms with Crippen LogP contribution in [0, 0.1) is 11.8 Å². The van der Waals surface area contributed by atoms with Gasteiger partial charge in [0.05, 0.1) is 18.8 Å². The fourth-order valence-corrected chi connectivity index (χ4v) is 4.35. The van der Waals surface area contributed by atoms with Crippen molar-refractivity contribution in [3.05, 3.63) is 0 Å². The summed E-state index contributed by atoms with van der Waals surface area (Å²) >= 11 is 0. The third-order valence-corrected chi connectivity index (χ3v) is 6.18. The van der Waals surface area contributed by atoms with Crippen LogP contribution in [0.3, 0.4) is 0 Å². The molecule has 3 atom stereocenters. The predicted octanol–water partition coefficient (Wildman–Crippen LogP) is 3.09. The lowest BCUT2D eigenvalue weighted by molar-refractivity contribution is -0.192.